The van der Waals surface area contributed by atoms with Gasteiger partial charge in [-0.2, -0.15) is 0 Å². The fraction of sp³-hybridized carbons (Fsp3) is 0.500. The van der Waals surface area contributed by atoms with E-state index in [0.717, 1.165) is 0 Å². The number of aliphatic hydroxyl groups is 1. The highest BCUT2D eigenvalue weighted by molar-refractivity contribution is 7.89. The van der Waals surface area contributed by atoms with Crippen molar-refractivity contribution in [2.75, 3.05) is 34.5 Å². The largest absolute Gasteiger partial charge is 0.493 e. The van der Waals surface area contributed by atoms with Gasteiger partial charge in [-0.3, -0.25) is 0 Å². The molecule has 0 aliphatic carbocycles. The number of rotatable bonds is 8. The molecular weight excluding hydrogens is 286 g/mol. The van der Waals surface area contributed by atoms with Gasteiger partial charge in [0.2, 0.25) is 10.0 Å². The molecule has 0 aliphatic rings. The summed E-state index contributed by atoms with van der Waals surface area (Å²) in [5, 5.41) is 9.10. The van der Waals surface area contributed by atoms with Crippen molar-refractivity contribution in [1.82, 2.24) is 4.72 Å². The average Bonchev–Trinajstić information content (AvgIpc) is 2.45. The monoisotopic (exact) mass is 305 g/mol. The van der Waals surface area contributed by atoms with Crippen molar-refractivity contribution in [1.29, 1.82) is 0 Å². The molecule has 1 atom stereocenters. The second-order valence-electron chi connectivity index (χ2n) is 3.97. The number of sulfonamides is 1. The molecule has 0 radical (unpaired) electrons. The van der Waals surface area contributed by atoms with Crippen LogP contribution in [0.1, 0.15) is 0 Å². The number of ether oxygens (including phenoxy) is 3. The van der Waals surface area contributed by atoms with E-state index in [0.29, 0.717) is 11.5 Å². The van der Waals surface area contributed by atoms with E-state index < -0.39 is 16.1 Å². The van der Waals surface area contributed by atoms with Gasteiger partial charge in [0.1, 0.15) is 0 Å². The Bertz CT molecular complexity index is 531. The fourth-order valence-corrected chi connectivity index (χ4v) is 2.82. The van der Waals surface area contributed by atoms with Crippen LogP contribution < -0.4 is 14.2 Å². The van der Waals surface area contributed by atoms with Crippen molar-refractivity contribution in [3.05, 3.63) is 18.2 Å². The third-order valence-electron chi connectivity index (χ3n) is 2.58. The zero-order valence-corrected chi connectivity index (χ0v) is 12.4. The Morgan fingerprint density at radius 3 is 2.35 bits per heavy atom. The molecule has 1 rings (SSSR count). The second-order valence-corrected chi connectivity index (χ2v) is 5.69. The maximum atomic E-state index is 12.2. The molecule has 1 aromatic carbocycles. The van der Waals surface area contributed by atoms with E-state index in [1.165, 1.54) is 39.5 Å². The van der Waals surface area contributed by atoms with Crippen LogP contribution in [0.2, 0.25) is 0 Å². The first-order valence-electron chi connectivity index (χ1n) is 5.82. The van der Waals surface area contributed by atoms with E-state index in [9.17, 15) is 8.42 Å². The van der Waals surface area contributed by atoms with Crippen molar-refractivity contribution in [3.63, 3.8) is 0 Å². The molecule has 0 saturated carbocycles. The van der Waals surface area contributed by atoms with Gasteiger partial charge in [-0.1, -0.05) is 0 Å². The van der Waals surface area contributed by atoms with Gasteiger partial charge >= 0.3 is 0 Å². The second kappa shape index (κ2) is 7.44. The third kappa shape index (κ3) is 4.07. The topological polar surface area (TPSA) is 94.1 Å². The van der Waals surface area contributed by atoms with Crippen LogP contribution in [0.5, 0.6) is 11.5 Å². The minimum Gasteiger partial charge on any atom is -0.493 e. The summed E-state index contributed by atoms with van der Waals surface area (Å²) in [5.74, 6) is 0.740. The number of aliphatic hydroxyl groups excluding tert-OH is 1. The Kier molecular flexibility index (Phi) is 6.21. The summed E-state index contributed by atoms with van der Waals surface area (Å²) in [6.07, 6.45) is 0. The first-order chi connectivity index (χ1) is 9.48. The Hall–Kier alpha value is -1.35. The van der Waals surface area contributed by atoms with Crippen molar-refractivity contribution >= 4 is 10.0 Å². The normalized spacial score (nSPS) is 13.0. The Balaban J connectivity index is 3.03. The van der Waals surface area contributed by atoms with Crippen LogP contribution in [0.25, 0.3) is 0 Å². The lowest BCUT2D eigenvalue weighted by molar-refractivity contribution is 0.139. The predicted octanol–water partition coefficient (Wildman–Crippen LogP) is -0.0106. The molecule has 0 aromatic heterocycles. The lowest BCUT2D eigenvalue weighted by Gasteiger charge is -2.16. The van der Waals surface area contributed by atoms with Crippen LogP contribution in [0.15, 0.2) is 23.1 Å². The number of hydrogen-bond donors (Lipinski definition) is 2. The molecule has 0 heterocycles. The van der Waals surface area contributed by atoms with Crippen molar-refractivity contribution < 1.29 is 27.7 Å². The molecule has 8 heteroatoms. The smallest absolute Gasteiger partial charge is 0.241 e. The molecule has 1 unspecified atom stereocenters. The van der Waals surface area contributed by atoms with E-state index in [1.807, 2.05) is 0 Å². The van der Waals surface area contributed by atoms with Gasteiger partial charge in [0.05, 0.1) is 38.4 Å². The maximum Gasteiger partial charge on any atom is 0.241 e. The molecular formula is C12H19NO6S. The first kappa shape index (κ1) is 16.7. The van der Waals surface area contributed by atoms with Crippen LogP contribution in [0.4, 0.5) is 0 Å². The Morgan fingerprint density at radius 2 is 1.85 bits per heavy atom. The van der Waals surface area contributed by atoms with Crippen LogP contribution in [0.3, 0.4) is 0 Å². The van der Waals surface area contributed by atoms with Crippen molar-refractivity contribution in [2.24, 2.45) is 0 Å². The van der Waals surface area contributed by atoms with Gasteiger partial charge < -0.3 is 19.3 Å². The fourth-order valence-electron chi connectivity index (χ4n) is 1.60. The molecule has 114 valence electrons. The van der Waals surface area contributed by atoms with Gasteiger partial charge in [-0.25, -0.2) is 13.1 Å². The number of hydrogen-bond acceptors (Lipinski definition) is 6. The summed E-state index contributed by atoms with van der Waals surface area (Å²) < 4.78 is 41.6. The van der Waals surface area contributed by atoms with Gasteiger partial charge in [0.15, 0.2) is 11.5 Å². The minimum atomic E-state index is -3.78. The Morgan fingerprint density at radius 1 is 1.20 bits per heavy atom. The highest BCUT2D eigenvalue weighted by Crippen LogP contribution is 2.29. The van der Waals surface area contributed by atoms with Gasteiger partial charge in [0, 0.05) is 13.2 Å². The molecule has 0 saturated heterocycles. The molecule has 20 heavy (non-hydrogen) atoms. The number of benzene rings is 1. The van der Waals surface area contributed by atoms with E-state index in [-0.39, 0.29) is 18.1 Å². The van der Waals surface area contributed by atoms with Crippen molar-refractivity contribution in [3.8, 4) is 11.5 Å². The molecule has 0 fully saturated rings. The Labute approximate surface area is 118 Å². The standard InChI is InChI=1S/C12H19NO6S/c1-17-8-9(7-14)13-20(15,16)10-4-5-11(18-2)12(6-10)19-3/h4-6,9,13-14H,7-8H2,1-3H3. The lowest BCUT2D eigenvalue weighted by Crippen LogP contribution is -2.40. The SMILES string of the molecule is COCC(CO)NS(=O)(=O)c1ccc(OC)c(OC)c1. The zero-order valence-electron chi connectivity index (χ0n) is 11.6. The number of nitrogens with one attached hydrogen (secondary N) is 1. The van der Waals surface area contributed by atoms with E-state index >= 15 is 0 Å². The molecule has 7 nitrogen and oxygen atoms in total. The molecule has 0 amide bonds. The van der Waals surface area contributed by atoms with E-state index in [1.54, 1.807) is 0 Å². The lowest BCUT2D eigenvalue weighted by atomic mass is 10.3. The van der Waals surface area contributed by atoms with E-state index in [4.69, 9.17) is 19.3 Å². The third-order valence-corrected chi connectivity index (χ3v) is 4.09. The first-order valence-corrected chi connectivity index (χ1v) is 7.31. The molecule has 1 aromatic rings. The van der Waals surface area contributed by atoms with Gasteiger partial charge in [0.25, 0.3) is 0 Å². The molecule has 2 N–H and O–H groups in total. The summed E-state index contributed by atoms with van der Waals surface area (Å²) in [6, 6.07) is 3.53. The zero-order chi connectivity index (χ0) is 15.2. The summed E-state index contributed by atoms with van der Waals surface area (Å²) in [6.45, 7) is -0.288. The van der Waals surface area contributed by atoms with Crippen LogP contribution in [-0.4, -0.2) is 54.1 Å². The highest BCUT2D eigenvalue weighted by Gasteiger charge is 2.21. The van der Waals surface area contributed by atoms with Gasteiger partial charge in [-0.05, 0) is 12.1 Å². The van der Waals surface area contributed by atoms with Crippen LogP contribution >= 0.6 is 0 Å². The predicted molar refractivity (Wildman–Crippen MR) is 72.6 cm³/mol. The van der Waals surface area contributed by atoms with Crippen LogP contribution in [0, 0.1) is 0 Å². The number of methoxy groups -OCH3 is 3. The quantitative estimate of drug-likeness (QED) is 0.701. The summed E-state index contributed by atoms with van der Waals surface area (Å²) in [5.41, 5.74) is 0. The molecule has 0 aliphatic heterocycles. The van der Waals surface area contributed by atoms with E-state index in [2.05, 4.69) is 4.72 Å². The van der Waals surface area contributed by atoms with Crippen LogP contribution in [-0.2, 0) is 14.8 Å². The minimum absolute atomic E-state index is 0.0182. The maximum absolute atomic E-state index is 12.2. The molecule has 0 spiro atoms. The molecule has 0 bridgehead atoms. The summed E-state index contributed by atoms with van der Waals surface area (Å²) >= 11 is 0. The highest BCUT2D eigenvalue weighted by atomic mass is 32.2. The van der Waals surface area contributed by atoms with Gasteiger partial charge in [-0.15, -0.1) is 0 Å². The summed E-state index contributed by atoms with van der Waals surface area (Å²) in [7, 11) is 0.530. The average molecular weight is 305 g/mol. The summed E-state index contributed by atoms with van der Waals surface area (Å²) in [4.78, 5) is 0.0182. The van der Waals surface area contributed by atoms with Crippen molar-refractivity contribution in [2.45, 2.75) is 10.9 Å².